The quantitative estimate of drug-likeness (QED) is 0.292. The zero-order valence-electron chi connectivity index (χ0n) is 16.2. The van der Waals surface area contributed by atoms with Crippen molar-refractivity contribution in [2.75, 3.05) is 0 Å². The van der Waals surface area contributed by atoms with Crippen molar-refractivity contribution in [2.45, 2.75) is 37.7 Å². The Morgan fingerprint density at radius 2 is 1.97 bits per heavy atom. The molecule has 148 valence electrons. The molecule has 4 aromatic rings. The minimum absolute atomic E-state index is 0.00330. The lowest BCUT2D eigenvalue weighted by atomic mass is 10.2. The van der Waals surface area contributed by atoms with E-state index in [1.807, 2.05) is 55.5 Å². The van der Waals surface area contributed by atoms with Crippen LogP contribution in [0.5, 0.6) is 0 Å². The molecule has 0 aliphatic heterocycles. The molecule has 7 heteroatoms. The van der Waals surface area contributed by atoms with Gasteiger partial charge in [0.2, 0.25) is 5.89 Å². The standard InChI is InChI=1S/C22H20ClN3O2S/c1-3-11-26-21(27)17-9-4-5-10-18(17)25-22(26)29-13-19-14(2)28-20(24-19)15-7-6-8-16(23)12-15/h4-10,12H,3,11,13H2,1-2H3. The fraction of sp³-hybridized carbons (Fsp3) is 0.227. The molecule has 0 saturated heterocycles. The largest absolute Gasteiger partial charge is 0.441 e. The number of fused-ring (bicyclic) bond motifs is 1. The lowest BCUT2D eigenvalue weighted by Crippen LogP contribution is -2.23. The predicted molar refractivity (Wildman–Crippen MR) is 118 cm³/mol. The molecule has 2 aromatic carbocycles. The summed E-state index contributed by atoms with van der Waals surface area (Å²) < 4.78 is 7.59. The molecule has 0 N–H and O–H groups in total. The van der Waals surface area contributed by atoms with E-state index in [0.29, 0.717) is 39.3 Å². The number of hydrogen-bond donors (Lipinski definition) is 0. The van der Waals surface area contributed by atoms with Crippen molar-refractivity contribution in [3.05, 3.63) is 75.4 Å². The Balaban J connectivity index is 1.65. The number of hydrogen-bond acceptors (Lipinski definition) is 5. The van der Waals surface area contributed by atoms with Gasteiger partial charge >= 0.3 is 0 Å². The van der Waals surface area contributed by atoms with Crippen LogP contribution in [-0.4, -0.2) is 14.5 Å². The molecule has 0 bridgehead atoms. The molecule has 2 heterocycles. The van der Waals surface area contributed by atoms with Crippen molar-refractivity contribution in [3.63, 3.8) is 0 Å². The molecule has 29 heavy (non-hydrogen) atoms. The summed E-state index contributed by atoms with van der Waals surface area (Å²) in [5.41, 5.74) is 2.37. The Hall–Kier alpha value is -2.57. The molecular weight excluding hydrogens is 406 g/mol. The Kier molecular flexibility index (Phi) is 5.74. The van der Waals surface area contributed by atoms with Gasteiger partial charge in [-0.3, -0.25) is 9.36 Å². The smallest absolute Gasteiger partial charge is 0.262 e. The first-order valence-corrected chi connectivity index (χ1v) is 10.8. The molecule has 0 atom stereocenters. The number of rotatable bonds is 6. The number of thioether (sulfide) groups is 1. The lowest BCUT2D eigenvalue weighted by Gasteiger charge is -2.11. The average molecular weight is 426 g/mol. The van der Waals surface area contributed by atoms with Gasteiger partial charge in [0.15, 0.2) is 5.16 Å². The van der Waals surface area contributed by atoms with Crippen molar-refractivity contribution in [2.24, 2.45) is 0 Å². The van der Waals surface area contributed by atoms with Crippen LogP contribution in [0.25, 0.3) is 22.4 Å². The van der Waals surface area contributed by atoms with Gasteiger partial charge in [-0.15, -0.1) is 0 Å². The maximum atomic E-state index is 12.9. The van der Waals surface area contributed by atoms with Crippen molar-refractivity contribution < 1.29 is 4.42 Å². The first kappa shape index (κ1) is 19.7. The highest BCUT2D eigenvalue weighted by Crippen LogP contribution is 2.28. The predicted octanol–water partition coefficient (Wildman–Crippen LogP) is 5.72. The van der Waals surface area contributed by atoms with E-state index in [0.717, 1.165) is 23.4 Å². The van der Waals surface area contributed by atoms with Crippen LogP contribution in [0, 0.1) is 6.92 Å². The van der Waals surface area contributed by atoms with Crippen molar-refractivity contribution in [3.8, 4) is 11.5 Å². The van der Waals surface area contributed by atoms with Gasteiger partial charge in [0.1, 0.15) is 5.76 Å². The van der Waals surface area contributed by atoms with E-state index in [9.17, 15) is 4.79 Å². The second kappa shape index (κ2) is 8.43. The molecule has 0 aliphatic carbocycles. The van der Waals surface area contributed by atoms with Crippen LogP contribution < -0.4 is 5.56 Å². The van der Waals surface area contributed by atoms with Crippen LogP contribution >= 0.6 is 23.4 Å². The maximum absolute atomic E-state index is 12.9. The summed E-state index contributed by atoms with van der Waals surface area (Å²) in [5.74, 6) is 1.85. The van der Waals surface area contributed by atoms with E-state index < -0.39 is 0 Å². The molecule has 0 unspecified atom stereocenters. The van der Waals surface area contributed by atoms with Gasteiger partial charge in [-0.05, 0) is 43.7 Å². The Morgan fingerprint density at radius 3 is 2.76 bits per heavy atom. The number of aryl methyl sites for hydroxylation is 1. The Bertz CT molecular complexity index is 1230. The van der Waals surface area contributed by atoms with Crippen LogP contribution in [0.1, 0.15) is 24.8 Å². The minimum atomic E-state index is -0.00330. The van der Waals surface area contributed by atoms with E-state index in [1.54, 1.807) is 4.57 Å². The summed E-state index contributed by atoms with van der Waals surface area (Å²) in [6.45, 7) is 4.57. The van der Waals surface area contributed by atoms with Crippen molar-refractivity contribution >= 4 is 34.3 Å². The van der Waals surface area contributed by atoms with Crippen LogP contribution in [0.15, 0.2) is 62.9 Å². The summed E-state index contributed by atoms with van der Waals surface area (Å²) in [6, 6.07) is 14.9. The minimum Gasteiger partial charge on any atom is -0.441 e. The summed E-state index contributed by atoms with van der Waals surface area (Å²) in [7, 11) is 0. The second-order valence-electron chi connectivity index (χ2n) is 6.69. The SMILES string of the molecule is CCCn1c(SCc2nc(-c3cccc(Cl)c3)oc2C)nc2ccccc2c1=O. The van der Waals surface area contributed by atoms with Gasteiger partial charge in [0.25, 0.3) is 5.56 Å². The fourth-order valence-electron chi connectivity index (χ4n) is 3.12. The summed E-state index contributed by atoms with van der Waals surface area (Å²) in [4.78, 5) is 22.3. The summed E-state index contributed by atoms with van der Waals surface area (Å²) >= 11 is 7.58. The molecular formula is C22H20ClN3O2S. The highest BCUT2D eigenvalue weighted by atomic mass is 35.5. The summed E-state index contributed by atoms with van der Waals surface area (Å²) in [5, 5.41) is 1.98. The molecule has 5 nitrogen and oxygen atoms in total. The van der Waals surface area contributed by atoms with E-state index in [-0.39, 0.29) is 5.56 Å². The average Bonchev–Trinajstić information content (AvgIpc) is 3.09. The highest BCUT2D eigenvalue weighted by Gasteiger charge is 2.15. The van der Waals surface area contributed by atoms with Crippen LogP contribution in [0.4, 0.5) is 0 Å². The number of oxazole rings is 1. The third-order valence-corrected chi connectivity index (χ3v) is 5.80. The second-order valence-corrected chi connectivity index (χ2v) is 8.07. The molecule has 4 rings (SSSR count). The number of aromatic nitrogens is 3. The zero-order chi connectivity index (χ0) is 20.4. The van der Waals surface area contributed by atoms with Gasteiger partial charge in [-0.1, -0.05) is 48.5 Å². The third kappa shape index (κ3) is 4.09. The topological polar surface area (TPSA) is 60.9 Å². The molecule has 2 aromatic heterocycles. The Labute approximate surface area is 177 Å². The number of halogens is 1. The highest BCUT2D eigenvalue weighted by molar-refractivity contribution is 7.98. The van der Waals surface area contributed by atoms with Crippen molar-refractivity contribution in [1.82, 2.24) is 14.5 Å². The normalized spacial score (nSPS) is 11.3. The molecule has 0 aliphatic rings. The number of nitrogens with zero attached hydrogens (tertiary/aromatic N) is 3. The lowest BCUT2D eigenvalue weighted by molar-refractivity contribution is 0.540. The first-order chi connectivity index (χ1) is 14.1. The number of para-hydroxylation sites is 1. The van der Waals surface area contributed by atoms with E-state index >= 15 is 0 Å². The maximum Gasteiger partial charge on any atom is 0.262 e. The van der Waals surface area contributed by atoms with Gasteiger partial charge in [-0.2, -0.15) is 0 Å². The third-order valence-electron chi connectivity index (χ3n) is 4.58. The molecule has 0 fully saturated rings. The molecule has 0 saturated carbocycles. The van der Waals surface area contributed by atoms with Gasteiger partial charge in [0.05, 0.1) is 16.6 Å². The van der Waals surface area contributed by atoms with E-state index in [2.05, 4.69) is 11.9 Å². The molecule has 0 spiro atoms. The van der Waals surface area contributed by atoms with E-state index in [4.69, 9.17) is 21.0 Å². The van der Waals surface area contributed by atoms with Gasteiger partial charge in [0, 0.05) is 22.9 Å². The van der Waals surface area contributed by atoms with E-state index in [1.165, 1.54) is 11.8 Å². The van der Waals surface area contributed by atoms with Crippen molar-refractivity contribution in [1.29, 1.82) is 0 Å². The number of benzene rings is 2. The van der Waals surface area contributed by atoms with Crippen LogP contribution in [-0.2, 0) is 12.3 Å². The van der Waals surface area contributed by atoms with Crippen LogP contribution in [0.3, 0.4) is 0 Å². The molecule has 0 amide bonds. The van der Waals surface area contributed by atoms with Crippen LogP contribution in [0.2, 0.25) is 5.02 Å². The fourth-order valence-corrected chi connectivity index (χ4v) is 4.34. The zero-order valence-corrected chi connectivity index (χ0v) is 17.8. The summed E-state index contributed by atoms with van der Waals surface area (Å²) in [6.07, 6.45) is 0.857. The first-order valence-electron chi connectivity index (χ1n) is 9.41. The monoisotopic (exact) mass is 425 g/mol. The Morgan fingerprint density at radius 1 is 1.14 bits per heavy atom. The molecule has 0 radical (unpaired) electrons. The van der Waals surface area contributed by atoms with Gasteiger partial charge in [-0.25, -0.2) is 9.97 Å². The van der Waals surface area contributed by atoms with Gasteiger partial charge < -0.3 is 4.42 Å².